The van der Waals surface area contributed by atoms with Gasteiger partial charge in [-0.1, -0.05) is 13.0 Å². The van der Waals surface area contributed by atoms with Crippen molar-refractivity contribution < 1.29 is 9.13 Å². The van der Waals surface area contributed by atoms with E-state index in [0.717, 1.165) is 24.1 Å². The highest BCUT2D eigenvalue weighted by Gasteiger charge is 2.16. The third-order valence-electron chi connectivity index (χ3n) is 3.17. The second-order valence-electron chi connectivity index (χ2n) is 4.73. The number of hydrogen-bond donors (Lipinski definition) is 1. The molecule has 0 aliphatic rings. The molecule has 1 unspecified atom stereocenters. The molecule has 0 aliphatic carbocycles. The zero-order valence-electron chi connectivity index (χ0n) is 12.1. The molecule has 1 aromatic heterocycles. The summed E-state index contributed by atoms with van der Waals surface area (Å²) in [6, 6.07) is 4.98. The maximum atomic E-state index is 13.9. The summed E-state index contributed by atoms with van der Waals surface area (Å²) in [5, 5.41) is 7.60. The number of nitrogens with zero attached hydrogens (tertiary/aromatic N) is 2. The summed E-state index contributed by atoms with van der Waals surface area (Å²) in [5.74, 6) is -0.0913. The smallest absolute Gasteiger partial charge is 0.165 e. The zero-order valence-corrected chi connectivity index (χ0v) is 12.1. The van der Waals surface area contributed by atoms with Gasteiger partial charge in [0.1, 0.15) is 0 Å². The van der Waals surface area contributed by atoms with Gasteiger partial charge in [-0.05, 0) is 30.7 Å². The second kappa shape index (κ2) is 6.52. The van der Waals surface area contributed by atoms with Gasteiger partial charge in [-0.15, -0.1) is 0 Å². The Bertz CT molecular complexity index is 568. The number of aromatic nitrogens is 2. The zero-order chi connectivity index (χ0) is 14.5. The Morgan fingerprint density at radius 2 is 2.20 bits per heavy atom. The van der Waals surface area contributed by atoms with Crippen LogP contribution in [0.5, 0.6) is 5.75 Å². The second-order valence-corrected chi connectivity index (χ2v) is 4.73. The van der Waals surface area contributed by atoms with Crippen LogP contribution < -0.4 is 10.1 Å². The number of methoxy groups -OCH3 is 1. The minimum absolute atomic E-state index is 0.0657. The number of halogens is 1. The van der Waals surface area contributed by atoms with E-state index in [4.69, 9.17) is 4.74 Å². The average Bonchev–Trinajstić information content (AvgIpc) is 2.86. The largest absolute Gasteiger partial charge is 0.494 e. The molecule has 1 aromatic carbocycles. The summed E-state index contributed by atoms with van der Waals surface area (Å²) < 4.78 is 20.6. The standard InChI is InChI=1S/C15H20FN3O/c1-4-7-17-15(12-9-18-19(2)10-12)11-5-6-14(20-3)13(16)8-11/h5-6,8-10,15,17H,4,7H2,1-3H3. The lowest BCUT2D eigenvalue weighted by Crippen LogP contribution is -2.23. The highest BCUT2D eigenvalue weighted by Crippen LogP contribution is 2.26. The molecule has 0 saturated heterocycles. The molecule has 4 nitrogen and oxygen atoms in total. The van der Waals surface area contributed by atoms with Crippen LogP contribution in [0.3, 0.4) is 0 Å². The van der Waals surface area contributed by atoms with Gasteiger partial charge in [0.05, 0.1) is 19.3 Å². The first-order chi connectivity index (χ1) is 9.65. The third kappa shape index (κ3) is 3.17. The van der Waals surface area contributed by atoms with E-state index in [9.17, 15) is 4.39 Å². The predicted molar refractivity (Wildman–Crippen MR) is 76.3 cm³/mol. The summed E-state index contributed by atoms with van der Waals surface area (Å²) in [5.41, 5.74) is 1.88. The number of aryl methyl sites for hydroxylation is 1. The first-order valence-corrected chi connectivity index (χ1v) is 6.71. The number of nitrogens with one attached hydrogen (secondary N) is 1. The Balaban J connectivity index is 2.33. The normalized spacial score (nSPS) is 12.4. The van der Waals surface area contributed by atoms with Crippen molar-refractivity contribution >= 4 is 0 Å². The predicted octanol–water partition coefficient (Wildman–Crippen LogP) is 2.66. The van der Waals surface area contributed by atoms with Gasteiger partial charge in [0, 0.05) is 18.8 Å². The van der Waals surface area contributed by atoms with Gasteiger partial charge < -0.3 is 10.1 Å². The molecule has 1 N–H and O–H groups in total. The molecule has 1 atom stereocenters. The molecule has 20 heavy (non-hydrogen) atoms. The van der Waals surface area contributed by atoms with Gasteiger partial charge in [0.25, 0.3) is 0 Å². The number of rotatable bonds is 6. The molecule has 5 heteroatoms. The van der Waals surface area contributed by atoms with Crippen molar-refractivity contribution in [3.63, 3.8) is 0 Å². The van der Waals surface area contributed by atoms with E-state index >= 15 is 0 Å². The van der Waals surface area contributed by atoms with Crippen LogP contribution in [-0.2, 0) is 7.05 Å². The fourth-order valence-corrected chi connectivity index (χ4v) is 2.17. The van der Waals surface area contributed by atoms with Crippen molar-refractivity contribution in [1.82, 2.24) is 15.1 Å². The molecule has 0 spiro atoms. The molecular formula is C15H20FN3O. The van der Waals surface area contributed by atoms with E-state index < -0.39 is 0 Å². The van der Waals surface area contributed by atoms with E-state index in [1.807, 2.05) is 19.3 Å². The maximum Gasteiger partial charge on any atom is 0.165 e. The molecule has 2 rings (SSSR count). The molecule has 0 fully saturated rings. The molecule has 0 bridgehead atoms. The summed E-state index contributed by atoms with van der Waals surface area (Å²) >= 11 is 0. The average molecular weight is 277 g/mol. The van der Waals surface area contributed by atoms with Crippen molar-refractivity contribution in [3.8, 4) is 5.75 Å². The van der Waals surface area contributed by atoms with Crippen LogP contribution in [0, 0.1) is 5.82 Å². The van der Waals surface area contributed by atoms with E-state index in [1.54, 1.807) is 16.9 Å². The van der Waals surface area contributed by atoms with Crippen LogP contribution in [0.4, 0.5) is 4.39 Å². The van der Waals surface area contributed by atoms with Gasteiger partial charge in [-0.25, -0.2) is 4.39 Å². The van der Waals surface area contributed by atoms with Gasteiger partial charge in [-0.3, -0.25) is 4.68 Å². The maximum absolute atomic E-state index is 13.9. The van der Waals surface area contributed by atoms with Gasteiger partial charge >= 0.3 is 0 Å². The SMILES string of the molecule is CCCNC(c1ccc(OC)c(F)c1)c1cnn(C)c1. The molecule has 108 valence electrons. The third-order valence-corrected chi connectivity index (χ3v) is 3.17. The molecule has 0 saturated carbocycles. The minimum atomic E-state index is -0.350. The quantitative estimate of drug-likeness (QED) is 0.882. The van der Waals surface area contributed by atoms with Crippen LogP contribution in [0.1, 0.15) is 30.5 Å². The van der Waals surface area contributed by atoms with Crippen molar-refractivity contribution in [3.05, 3.63) is 47.5 Å². The highest BCUT2D eigenvalue weighted by molar-refractivity contribution is 5.35. The monoisotopic (exact) mass is 277 g/mol. The van der Waals surface area contributed by atoms with Crippen molar-refractivity contribution in [2.75, 3.05) is 13.7 Å². The lowest BCUT2D eigenvalue weighted by molar-refractivity contribution is 0.385. The Hall–Kier alpha value is -1.88. The van der Waals surface area contributed by atoms with Crippen molar-refractivity contribution in [2.45, 2.75) is 19.4 Å². The molecule has 0 radical (unpaired) electrons. The lowest BCUT2D eigenvalue weighted by atomic mass is 10.0. The van der Waals surface area contributed by atoms with Crippen LogP contribution in [-0.4, -0.2) is 23.4 Å². The molecular weight excluding hydrogens is 257 g/mol. The molecule has 2 aromatic rings. The Labute approximate surface area is 118 Å². The van der Waals surface area contributed by atoms with Crippen LogP contribution in [0.15, 0.2) is 30.6 Å². The van der Waals surface area contributed by atoms with Crippen molar-refractivity contribution in [2.24, 2.45) is 7.05 Å². The lowest BCUT2D eigenvalue weighted by Gasteiger charge is -2.18. The van der Waals surface area contributed by atoms with E-state index in [1.165, 1.54) is 13.2 Å². The van der Waals surface area contributed by atoms with Gasteiger partial charge in [0.15, 0.2) is 11.6 Å². The Kier molecular flexibility index (Phi) is 4.74. The van der Waals surface area contributed by atoms with Crippen LogP contribution in [0.25, 0.3) is 0 Å². The first kappa shape index (κ1) is 14.5. The minimum Gasteiger partial charge on any atom is -0.494 e. The van der Waals surface area contributed by atoms with E-state index in [0.29, 0.717) is 0 Å². The fourth-order valence-electron chi connectivity index (χ4n) is 2.17. The molecule has 0 amide bonds. The fraction of sp³-hybridized carbons (Fsp3) is 0.400. The van der Waals surface area contributed by atoms with E-state index in [-0.39, 0.29) is 17.6 Å². The first-order valence-electron chi connectivity index (χ1n) is 6.71. The van der Waals surface area contributed by atoms with Crippen LogP contribution in [0.2, 0.25) is 0 Å². The highest BCUT2D eigenvalue weighted by atomic mass is 19.1. The summed E-state index contributed by atoms with van der Waals surface area (Å²) in [6.07, 6.45) is 4.75. The topological polar surface area (TPSA) is 39.1 Å². The van der Waals surface area contributed by atoms with E-state index in [2.05, 4.69) is 17.3 Å². The van der Waals surface area contributed by atoms with Crippen LogP contribution >= 0.6 is 0 Å². The number of benzene rings is 1. The number of hydrogen-bond acceptors (Lipinski definition) is 3. The summed E-state index contributed by atoms with van der Waals surface area (Å²) in [4.78, 5) is 0. The summed E-state index contributed by atoms with van der Waals surface area (Å²) in [6.45, 7) is 2.95. The summed E-state index contributed by atoms with van der Waals surface area (Å²) in [7, 11) is 3.33. The molecule has 1 heterocycles. The Morgan fingerprint density at radius 1 is 1.40 bits per heavy atom. The number of ether oxygens (including phenoxy) is 1. The molecule has 0 aliphatic heterocycles. The Morgan fingerprint density at radius 3 is 2.75 bits per heavy atom. The van der Waals surface area contributed by atoms with Crippen molar-refractivity contribution in [1.29, 1.82) is 0 Å². The van der Waals surface area contributed by atoms with Gasteiger partial charge in [-0.2, -0.15) is 5.10 Å². The van der Waals surface area contributed by atoms with Gasteiger partial charge in [0.2, 0.25) is 0 Å².